The van der Waals surface area contributed by atoms with Gasteiger partial charge in [0, 0.05) is 25.8 Å². The van der Waals surface area contributed by atoms with Gasteiger partial charge in [0.05, 0.1) is 11.7 Å². The Balaban J connectivity index is 1.95. The number of benzene rings is 1. The minimum Gasteiger partial charge on any atom is -0.315 e. The lowest BCUT2D eigenvalue weighted by Gasteiger charge is -2.30. The van der Waals surface area contributed by atoms with Gasteiger partial charge in [0.2, 0.25) is 0 Å². The number of nitrogens with one attached hydrogen (secondary N) is 1. The Hall–Kier alpha value is -1.78. The largest absolute Gasteiger partial charge is 0.315 e. The molecule has 0 aliphatic carbocycles. The molecule has 1 N–H and O–H groups in total. The number of aryl methyl sites for hydroxylation is 1. The molecule has 2 heterocycles. The molecule has 0 radical (unpaired) electrons. The number of hydrogen-bond acceptors (Lipinski definition) is 3. The topological polar surface area (TPSA) is 28.2 Å². The van der Waals surface area contributed by atoms with E-state index in [1.165, 1.54) is 5.56 Å². The van der Waals surface area contributed by atoms with Crippen LogP contribution in [-0.4, -0.2) is 36.1 Å². The Labute approximate surface area is 137 Å². The molecule has 1 aromatic heterocycles. The minimum absolute atomic E-state index is 0.0846. The molecule has 1 atom stereocenters. The van der Waals surface area contributed by atoms with Crippen LogP contribution >= 0.6 is 0 Å². The summed E-state index contributed by atoms with van der Waals surface area (Å²) in [5, 5.41) is 3.44. The Morgan fingerprint density at radius 3 is 2.65 bits per heavy atom. The van der Waals surface area contributed by atoms with E-state index in [4.69, 9.17) is 4.98 Å². The van der Waals surface area contributed by atoms with Crippen LogP contribution in [0.3, 0.4) is 0 Å². The molecular formula is C19H24FN3. The molecule has 0 amide bonds. The number of aromatic nitrogens is 1. The van der Waals surface area contributed by atoms with Gasteiger partial charge < -0.3 is 5.32 Å². The molecule has 3 rings (SSSR count). The molecule has 23 heavy (non-hydrogen) atoms. The fourth-order valence-electron chi connectivity index (χ4n) is 3.15. The molecule has 2 aromatic rings. The summed E-state index contributed by atoms with van der Waals surface area (Å²) in [7, 11) is 0. The normalized spacial score (nSPS) is 17.7. The van der Waals surface area contributed by atoms with Crippen LogP contribution in [0.4, 0.5) is 4.39 Å². The molecule has 122 valence electrons. The van der Waals surface area contributed by atoms with E-state index in [1.54, 1.807) is 12.1 Å². The third kappa shape index (κ3) is 3.95. The zero-order chi connectivity index (χ0) is 16.1. The van der Waals surface area contributed by atoms with Crippen molar-refractivity contribution in [2.45, 2.75) is 25.8 Å². The predicted molar refractivity (Wildman–Crippen MR) is 90.9 cm³/mol. The smallest absolute Gasteiger partial charge is 0.123 e. The number of rotatable bonds is 4. The quantitative estimate of drug-likeness (QED) is 0.940. The molecule has 1 saturated heterocycles. The first kappa shape index (κ1) is 16.1. The van der Waals surface area contributed by atoms with Crippen LogP contribution in [-0.2, 0) is 6.42 Å². The van der Waals surface area contributed by atoms with Crippen molar-refractivity contribution in [3.05, 3.63) is 65.2 Å². The van der Waals surface area contributed by atoms with Gasteiger partial charge in [0.25, 0.3) is 0 Å². The summed E-state index contributed by atoms with van der Waals surface area (Å²) >= 11 is 0. The second kappa shape index (κ2) is 7.66. The van der Waals surface area contributed by atoms with Gasteiger partial charge in [-0.15, -0.1) is 0 Å². The Morgan fingerprint density at radius 2 is 1.96 bits per heavy atom. The highest BCUT2D eigenvalue weighted by molar-refractivity contribution is 5.29. The second-order valence-corrected chi connectivity index (χ2v) is 6.04. The summed E-state index contributed by atoms with van der Waals surface area (Å²) in [5.74, 6) is -0.195. The van der Waals surface area contributed by atoms with Gasteiger partial charge >= 0.3 is 0 Å². The maximum atomic E-state index is 13.3. The monoisotopic (exact) mass is 313 g/mol. The molecular weight excluding hydrogens is 289 g/mol. The average Bonchev–Trinajstić information content (AvgIpc) is 2.87. The number of nitrogens with zero attached hydrogens (tertiary/aromatic N) is 2. The van der Waals surface area contributed by atoms with E-state index in [2.05, 4.69) is 29.3 Å². The maximum Gasteiger partial charge on any atom is 0.123 e. The first-order valence-electron chi connectivity index (χ1n) is 8.43. The molecule has 1 aliphatic rings. The highest BCUT2D eigenvalue weighted by Gasteiger charge is 2.24. The molecule has 1 aromatic carbocycles. The SMILES string of the molecule is CCc1ccc(C(c2ccc(F)cc2)N2CCCNCC2)nc1. The number of pyridine rings is 1. The van der Waals surface area contributed by atoms with Gasteiger partial charge in [-0.05, 0) is 48.7 Å². The lowest BCUT2D eigenvalue weighted by Crippen LogP contribution is -2.33. The standard InChI is InChI=1S/C19H24FN3/c1-2-15-4-9-18(22-14-15)19(16-5-7-17(20)8-6-16)23-12-3-10-21-11-13-23/h4-9,14,19,21H,2-3,10-13H2,1H3. The fraction of sp³-hybridized carbons (Fsp3) is 0.421. The van der Waals surface area contributed by atoms with Gasteiger partial charge in [-0.25, -0.2) is 4.39 Å². The Bertz CT molecular complexity index is 602. The van der Waals surface area contributed by atoms with Crippen LogP contribution in [0.1, 0.15) is 36.2 Å². The molecule has 1 fully saturated rings. The van der Waals surface area contributed by atoms with Crippen molar-refractivity contribution in [1.82, 2.24) is 15.2 Å². The molecule has 4 heteroatoms. The first-order valence-corrected chi connectivity index (χ1v) is 8.43. The van der Waals surface area contributed by atoms with Gasteiger partial charge in [0.15, 0.2) is 0 Å². The summed E-state index contributed by atoms with van der Waals surface area (Å²) < 4.78 is 13.3. The van der Waals surface area contributed by atoms with Crippen molar-refractivity contribution in [3.8, 4) is 0 Å². The summed E-state index contributed by atoms with van der Waals surface area (Å²) in [4.78, 5) is 7.14. The van der Waals surface area contributed by atoms with Gasteiger partial charge in [-0.2, -0.15) is 0 Å². The molecule has 0 spiro atoms. The van der Waals surface area contributed by atoms with E-state index < -0.39 is 0 Å². The molecule has 1 unspecified atom stereocenters. The van der Waals surface area contributed by atoms with E-state index in [0.29, 0.717) is 0 Å². The van der Waals surface area contributed by atoms with Crippen LogP contribution < -0.4 is 5.32 Å². The van der Waals surface area contributed by atoms with Crippen LogP contribution in [0.25, 0.3) is 0 Å². The van der Waals surface area contributed by atoms with E-state index >= 15 is 0 Å². The van der Waals surface area contributed by atoms with Crippen molar-refractivity contribution in [3.63, 3.8) is 0 Å². The van der Waals surface area contributed by atoms with Crippen molar-refractivity contribution in [1.29, 1.82) is 0 Å². The summed E-state index contributed by atoms with van der Waals surface area (Å²) in [5.41, 5.74) is 3.38. The minimum atomic E-state index is -0.195. The van der Waals surface area contributed by atoms with E-state index in [0.717, 1.165) is 50.3 Å². The van der Waals surface area contributed by atoms with Crippen molar-refractivity contribution >= 4 is 0 Å². The van der Waals surface area contributed by atoms with Gasteiger partial charge in [0.1, 0.15) is 5.82 Å². The van der Waals surface area contributed by atoms with Crippen molar-refractivity contribution < 1.29 is 4.39 Å². The van der Waals surface area contributed by atoms with Crippen LogP contribution in [0, 0.1) is 5.82 Å². The average molecular weight is 313 g/mol. The van der Waals surface area contributed by atoms with Crippen LogP contribution in [0.2, 0.25) is 0 Å². The third-order valence-corrected chi connectivity index (χ3v) is 4.46. The fourth-order valence-corrected chi connectivity index (χ4v) is 3.15. The number of hydrogen-bond donors (Lipinski definition) is 1. The van der Waals surface area contributed by atoms with E-state index in [-0.39, 0.29) is 11.9 Å². The van der Waals surface area contributed by atoms with Crippen LogP contribution in [0.5, 0.6) is 0 Å². The second-order valence-electron chi connectivity index (χ2n) is 6.04. The molecule has 0 bridgehead atoms. The summed E-state index contributed by atoms with van der Waals surface area (Å²) in [6, 6.07) is 11.2. The van der Waals surface area contributed by atoms with Crippen molar-refractivity contribution in [2.24, 2.45) is 0 Å². The van der Waals surface area contributed by atoms with Gasteiger partial charge in [-0.3, -0.25) is 9.88 Å². The predicted octanol–water partition coefficient (Wildman–Crippen LogP) is 3.17. The van der Waals surface area contributed by atoms with Crippen LogP contribution in [0.15, 0.2) is 42.6 Å². The highest BCUT2D eigenvalue weighted by atomic mass is 19.1. The van der Waals surface area contributed by atoms with E-state index in [9.17, 15) is 4.39 Å². The summed E-state index contributed by atoms with van der Waals surface area (Å²) in [6.45, 7) is 6.15. The first-order chi connectivity index (χ1) is 11.3. The summed E-state index contributed by atoms with van der Waals surface area (Å²) in [6.07, 6.45) is 4.06. The Morgan fingerprint density at radius 1 is 1.13 bits per heavy atom. The van der Waals surface area contributed by atoms with Crippen molar-refractivity contribution in [2.75, 3.05) is 26.2 Å². The lowest BCUT2D eigenvalue weighted by molar-refractivity contribution is 0.237. The third-order valence-electron chi connectivity index (χ3n) is 4.46. The zero-order valence-electron chi connectivity index (χ0n) is 13.6. The molecule has 0 saturated carbocycles. The lowest BCUT2D eigenvalue weighted by atomic mass is 10.00. The number of halogens is 1. The Kier molecular flexibility index (Phi) is 5.36. The van der Waals surface area contributed by atoms with Gasteiger partial charge in [-0.1, -0.05) is 25.1 Å². The van der Waals surface area contributed by atoms with E-state index in [1.807, 2.05) is 18.3 Å². The highest BCUT2D eigenvalue weighted by Crippen LogP contribution is 2.28. The molecule has 1 aliphatic heterocycles. The maximum absolute atomic E-state index is 13.3. The zero-order valence-corrected chi connectivity index (χ0v) is 13.6. The molecule has 3 nitrogen and oxygen atoms in total.